The van der Waals surface area contributed by atoms with Gasteiger partial charge in [-0.1, -0.05) is 0 Å². The molecule has 0 N–H and O–H groups in total. The summed E-state index contributed by atoms with van der Waals surface area (Å²) in [5.41, 5.74) is 1.58. The summed E-state index contributed by atoms with van der Waals surface area (Å²) < 4.78 is 27.8. The van der Waals surface area contributed by atoms with E-state index in [2.05, 4.69) is 5.10 Å². The van der Waals surface area contributed by atoms with E-state index in [-0.39, 0.29) is 19.0 Å². The maximum Gasteiger partial charge on any atom is 0.358 e. The number of hydrogen-bond acceptors (Lipinski definition) is 7. The van der Waals surface area contributed by atoms with Crippen LogP contribution in [0.1, 0.15) is 17.4 Å². The maximum atomic E-state index is 12.0. The summed E-state index contributed by atoms with van der Waals surface area (Å²) in [7, 11) is 6.16. The molecule has 1 heterocycles. The average molecular weight is 350 g/mol. The Kier molecular flexibility index (Phi) is 6.24. The highest BCUT2D eigenvalue weighted by atomic mass is 16.5. The van der Waals surface area contributed by atoms with E-state index in [1.165, 1.54) is 21.3 Å². The van der Waals surface area contributed by atoms with Gasteiger partial charge in [-0.25, -0.2) is 9.48 Å². The van der Waals surface area contributed by atoms with E-state index in [0.29, 0.717) is 22.9 Å². The van der Waals surface area contributed by atoms with E-state index in [4.69, 9.17) is 23.7 Å². The Hall–Kier alpha value is -2.74. The molecule has 136 valence electrons. The highest BCUT2D eigenvalue weighted by Gasteiger charge is 2.20. The van der Waals surface area contributed by atoms with Gasteiger partial charge in [0.1, 0.15) is 6.73 Å². The third kappa shape index (κ3) is 3.85. The fraction of sp³-hybridized carbons (Fsp3) is 0.412. The van der Waals surface area contributed by atoms with Crippen LogP contribution >= 0.6 is 0 Å². The van der Waals surface area contributed by atoms with Gasteiger partial charge in [-0.15, -0.1) is 0 Å². The van der Waals surface area contributed by atoms with Gasteiger partial charge < -0.3 is 23.7 Å². The molecule has 0 spiro atoms. The fourth-order valence-corrected chi connectivity index (χ4v) is 2.40. The lowest BCUT2D eigenvalue weighted by molar-refractivity contribution is 0.0515. The molecule has 0 unspecified atom stereocenters. The molecule has 0 bridgehead atoms. The van der Waals surface area contributed by atoms with Crippen LogP contribution in [-0.2, 0) is 16.2 Å². The number of rotatable bonds is 8. The van der Waals surface area contributed by atoms with Crippen LogP contribution in [0.5, 0.6) is 17.2 Å². The Morgan fingerprint density at radius 3 is 2.16 bits per heavy atom. The number of hydrogen-bond donors (Lipinski definition) is 0. The molecule has 0 radical (unpaired) electrons. The number of esters is 1. The lowest BCUT2D eigenvalue weighted by Crippen LogP contribution is -2.08. The zero-order chi connectivity index (χ0) is 18.4. The van der Waals surface area contributed by atoms with E-state index in [0.717, 1.165) is 5.56 Å². The van der Waals surface area contributed by atoms with Crippen LogP contribution in [0, 0.1) is 0 Å². The largest absolute Gasteiger partial charge is 0.493 e. The van der Waals surface area contributed by atoms with Gasteiger partial charge in [0, 0.05) is 12.7 Å². The molecule has 2 rings (SSSR count). The predicted octanol–water partition coefficient (Wildman–Crippen LogP) is 2.36. The van der Waals surface area contributed by atoms with Gasteiger partial charge in [-0.05, 0) is 25.1 Å². The molecule has 0 aliphatic carbocycles. The SMILES string of the molecule is CCOC(=O)c1cc(-c2cc(OC)c(OC)c(OC)c2)n(COC)n1. The van der Waals surface area contributed by atoms with Crippen LogP contribution in [0.4, 0.5) is 0 Å². The molecule has 0 aliphatic heterocycles. The summed E-state index contributed by atoms with van der Waals surface area (Å²) in [6.45, 7) is 2.19. The molecule has 8 nitrogen and oxygen atoms in total. The van der Waals surface area contributed by atoms with Crippen LogP contribution < -0.4 is 14.2 Å². The zero-order valence-corrected chi connectivity index (χ0v) is 15.0. The van der Waals surface area contributed by atoms with Crippen molar-refractivity contribution in [2.75, 3.05) is 35.0 Å². The molecule has 25 heavy (non-hydrogen) atoms. The van der Waals surface area contributed by atoms with Gasteiger partial charge in [0.25, 0.3) is 0 Å². The van der Waals surface area contributed by atoms with Gasteiger partial charge >= 0.3 is 5.97 Å². The molecule has 0 saturated heterocycles. The number of benzene rings is 1. The highest BCUT2D eigenvalue weighted by Crippen LogP contribution is 2.41. The standard InChI is InChI=1S/C17H22N2O6/c1-6-25-17(20)12-9-13(19(18-12)10-21-2)11-7-14(22-3)16(24-5)15(8-11)23-4/h7-9H,6,10H2,1-5H3. The van der Waals surface area contributed by atoms with Crippen molar-refractivity contribution in [1.82, 2.24) is 9.78 Å². The summed E-state index contributed by atoms with van der Waals surface area (Å²) in [6, 6.07) is 5.19. The Labute approximate surface area is 146 Å². The quantitative estimate of drug-likeness (QED) is 0.676. The van der Waals surface area contributed by atoms with Gasteiger partial charge in [0.05, 0.1) is 33.6 Å². The number of nitrogens with zero attached hydrogens (tertiary/aromatic N) is 2. The second kappa shape index (κ2) is 8.39. The summed E-state index contributed by atoms with van der Waals surface area (Å²) in [4.78, 5) is 12.0. The summed E-state index contributed by atoms with van der Waals surface area (Å²) in [6.07, 6.45) is 0. The summed E-state index contributed by atoms with van der Waals surface area (Å²) in [5, 5.41) is 4.25. The van der Waals surface area contributed by atoms with Crippen molar-refractivity contribution < 1.29 is 28.5 Å². The third-order valence-electron chi connectivity index (χ3n) is 3.48. The monoisotopic (exact) mass is 350 g/mol. The molecule has 1 aromatic heterocycles. The molecule has 0 atom stereocenters. The van der Waals surface area contributed by atoms with E-state index in [9.17, 15) is 4.79 Å². The minimum atomic E-state index is -0.494. The van der Waals surface area contributed by atoms with Gasteiger partial charge in [-0.2, -0.15) is 5.10 Å². The molecule has 0 fully saturated rings. The Bertz CT molecular complexity index is 716. The van der Waals surface area contributed by atoms with E-state index < -0.39 is 5.97 Å². The topological polar surface area (TPSA) is 81.0 Å². The number of methoxy groups -OCH3 is 4. The third-order valence-corrected chi connectivity index (χ3v) is 3.48. The fourth-order valence-electron chi connectivity index (χ4n) is 2.40. The van der Waals surface area contributed by atoms with Gasteiger partial charge in [0.15, 0.2) is 17.2 Å². The van der Waals surface area contributed by atoms with Crippen molar-refractivity contribution in [2.45, 2.75) is 13.7 Å². The first-order valence-electron chi connectivity index (χ1n) is 7.63. The van der Waals surface area contributed by atoms with E-state index >= 15 is 0 Å². The average Bonchev–Trinajstić information content (AvgIpc) is 3.05. The lowest BCUT2D eigenvalue weighted by atomic mass is 10.1. The minimum Gasteiger partial charge on any atom is -0.493 e. The van der Waals surface area contributed by atoms with E-state index in [1.807, 2.05) is 0 Å². The van der Waals surface area contributed by atoms with Crippen molar-refractivity contribution in [1.29, 1.82) is 0 Å². The first kappa shape index (κ1) is 18.6. The van der Waals surface area contributed by atoms with Gasteiger partial charge in [0.2, 0.25) is 5.75 Å². The first-order valence-corrected chi connectivity index (χ1v) is 7.63. The lowest BCUT2D eigenvalue weighted by Gasteiger charge is -2.14. The second-order valence-corrected chi connectivity index (χ2v) is 4.97. The second-order valence-electron chi connectivity index (χ2n) is 4.97. The Morgan fingerprint density at radius 1 is 1.04 bits per heavy atom. The minimum absolute atomic E-state index is 0.172. The van der Waals surface area contributed by atoms with Crippen LogP contribution in [0.3, 0.4) is 0 Å². The normalized spacial score (nSPS) is 10.4. The number of aromatic nitrogens is 2. The van der Waals surface area contributed by atoms with Crippen molar-refractivity contribution in [3.05, 3.63) is 23.9 Å². The van der Waals surface area contributed by atoms with Crippen molar-refractivity contribution in [3.63, 3.8) is 0 Å². The van der Waals surface area contributed by atoms with Crippen molar-refractivity contribution in [3.8, 4) is 28.5 Å². The Balaban J connectivity index is 2.58. The number of carbonyl (C=O) groups is 1. The van der Waals surface area contributed by atoms with Crippen molar-refractivity contribution in [2.24, 2.45) is 0 Å². The number of carbonyl (C=O) groups excluding carboxylic acids is 1. The van der Waals surface area contributed by atoms with Crippen molar-refractivity contribution >= 4 is 5.97 Å². The molecule has 1 aromatic carbocycles. The molecule has 8 heteroatoms. The molecule has 0 aliphatic rings. The maximum absolute atomic E-state index is 12.0. The summed E-state index contributed by atoms with van der Waals surface area (Å²) >= 11 is 0. The zero-order valence-electron chi connectivity index (χ0n) is 15.0. The van der Waals surface area contributed by atoms with Crippen LogP contribution in [-0.4, -0.2) is 50.8 Å². The van der Waals surface area contributed by atoms with Crippen LogP contribution in [0.25, 0.3) is 11.3 Å². The Morgan fingerprint density at radius 2 is 1.68 bits per heavy atom. The molecular weight excluding hydrogens is 328 g/mol. The highest BCUT2D eigenvalue weighted by molar-refractivity contribution is 5.89. The predicted molar refractivity (Wildman–Crippen MR) is 90.3 cm³/mol. The summed E-state index contributed by atoms with van der Waals surface area (Å²) in [5.74, 6) is 0.989. The molecule has 0 amide bonds. The van der Waals surface area contributed by atoms with Gasteiger partial charge in [-0.3, -0.25) is 0 Å². The smallest absolute Gasteiger partial charge is 0.358 e. The first-order chi connectivity index (χ1) is 12.1. The molecular formula is C17H22N2O6. The number of ether oxygens (including phenoxy) is 5. The molecule has 2 aromatic rings. The molecule has 0 saturated carbocycles. The van der Waals surface area contributed by atoms with Crippen LogP contribution in [0.2, 0.25) is 0 Å². The van der Waals surface area contributed by atoms with Crippen LogP contribution in [0.15, 0.2) is 18.2 Å². The van der Waals surface area contributed by atoms with E-state index in [1.54, 1.807) is 36.9 Å².